The van der Waals surface area contributed by atoms with E-state index in [9.17, 15) is 18.0 Å². The fourth-order valence-electron chi connectivity index (χ4n) is 1.58. The Morgan fingerprint density at radius 3 is 2.35 bits per heavy atom. The molecule has 2 N–H and O–H groups in total. The number of rotatable bonds is 7. The van der Waals surface area contributed by atoms with Gasteiger partial charge in [-0.25, -0.2) is 13.2 Å². The average Bonchev–Trinajstić information content (AvgIpc) is 2.43. The molecule has 0 saturated heterocycles. The van der Waals surface area contributed by atoms with Crippen LogP contribution in [0.2, 0.25) is 0 Å². The zero-order valence-electron chi connectivity index (χ0n) is 11.1. The summed E-state index contributed by atoms with van der Waals surface area (Å²) >= 11 is 0. The standard InChI is InChI=1S/C13H17NO5S/c1-2-11(13(16)17)14-12(15)8-9-20(18,19)10-6-4-3-5-7-10/h3-7,11H,2,8-9H2,1H3,(H,14,15)(H,16,17). The molecule has 0 fully saturated rings. The average molecular weight is 299 g/mol. The summed E-state index contributed by atoms with van der Waals surface area (Å²) < 4.78 is 23.9. The predicted molar refractivity (Wildman–Crippen MR) is 73.0 cm³/mol. The van der Waals surface area contributed by atoms with Crippen LogP contribution < -0.4 is 5.32 Å². The second-order valence-corrected chi connectivity index (χ2v) is 6.36. The van der Waals surface area contributed by atoms with E-state index in [2.05, 4.69) is 5.32 Å². The minimum absolute atomic E-state index is 0.151. The van der Waals surface area contributed by atoms with Crippen molar-refractivity contribution in [3.05, 3.63) is 30.3 Å². The summed E-state index contributed by atoms with van der Waals surface area (Å²) in [6.45, 7) is 1.62. The third-order valence-corrected chi connectivity index (χ3v) is 4.47. The van der Waals surface area contributed by atoms with Crippen LogP contribution in [0.25, 0.3) is 0 Å². The minimum Gasteiger partial charge on any atom is -0.480 e. The molecular weight excluding hydrogens is 282 g/mol. The first kappa shape index (κ1) is 16.2. The molecule has 110 valence electrons. The first-order valence-electron chi connectivity index (χ1n) is 6.16. The Labute approximate surface area is 117 Å². The van der Waals surface area contributed by atoms with E-state index in [1.54, 1.807) is 25.1 Å². The van der Waals surface area contributed by atoms with E-state index >= 15 is 0 Å². The number of hydrogen-bond donors (Lipinski definition) is 2. The van der Waals surface area contributed by atoms with Gasteiger partial charge in [0.1, 0.15) is 6.04 Å². The lowest BCUT2D eigenvalue weighted by molar-refractivity contribution is -0.141. The van der Waals surface area contributed by atoms with Gasteiger partial charge in [-0.1, -0.05) is 25.1 Å². The van der Waals surface area contributed by atoms with E-state index in [0.717, 1.165) is 0 Å². The van der Waals surface area contributed by atoms with Gasteiger partial charge in [0, 0.05) is 6.42 Å². The van der Waals surface area contributed by atoms with Gasteiger partial charge >= 0.3 is 5.97 Å². The maximum absolute atomic E-state index is 11.9. The van der Waals surface area contributed by atoms with Crippen molar-refractivity contribution in [2.24, 2.45) is 0 Å². The molecule has 20 heavy (non-hydrogen) atoms. The number of carboxylic acid groups (broad SMARTS) is 1. The van der Waals surface area contributed by atoms with Gasteiger partial charge in [0.05, 0.1) is 10.6 Å². The Kier molecular flexibility index (Phi) is 5.69. The van der Waals surface area contributed by atoms with Gasteiger partial charge in [-0.2, -0.15) is 0 Å². The lowest BCUT2D eigenvalue weighted by Gasteiger charge is -2.12. The molecule has 1 aromatic rings. The number of hydrogen-bond acceptors (Lipinski definition) is 4. The van der Waals surface area contributed by atoms with Crippen molar-refractivity contribution in [3.8, 4) is 0 Å². The number of nitrogens with one attached hydrogen (secondary N) is 1. The Balaban J connectivity index is 2.59. The molecule has 0 spiro atoms. The van der Waals surface area contributed by atoms with Crippen LogP contribution >= 0.6 is 0 Å². The van der Waals surface area contributed by atoms with Crippen molar-refractivity contribution in [1.82, 2.24) is 5.32 Å². The van der Waals surface area contributed by atoms with Crippen molar-refractivity contribution in [2.45, 2.75) is 30.7 Å². The SMILES string of the molecule is CCC(NC(=O)CCS(=O)(=O)c1ccccc1)C(=O)O. The highest BCUT2D eigenvalue weighted by Gasteiger charge is 2.20. The van der Waals surface area contributed by atoms with Crippen molar-refractivity contribution < 1.29 is 23.1 Å². The van der Waals surface area contributed by atoms with Gasteiger partial charge in [-0.05, 0) is 18.6 Å². The number of aliphatic carboxylic acids is 1. The predicted octanol–water partition coefficient (Wildman–Crippen LogP) is 0.830. The minimum atomic E-state index is -3.53. The van der Waals surface area contributed by atoms with Crippen LogP contribution in [-0.2, 0) is 19.4 Å². The van der Waals surface area contributed by atoms with Gasteiger partial charge < -0.3 is 10.4 Å². The fraction of sp³-hybridized carbons (Fsp3) is 0.385. The first-order chi connectivity index (χ1) is 9.36. The Bertz CT molecular complexity index is 568. The molecule has 0 aromatic heterocycles. The second-order valence-electron chi connectivity index (χ2n) is 4.25. The smallest absolute Gasteiger partial charge is 0.326 e. The molecule has 0 saturated carbocycles. The van der Waals surface area contributed by atoms with E-state index in [-0.39, 0.29) is 23.5 Å². The van der Waals surface area contributed by atoms with Crippen molar-refractivity contribution in [2.75, 3.05) is 5.75 Å². The lowest BCUT2D eigenvalue weighted by Crippen LogP contribution is -2.40. The summed E-state index contributed by atoms with van der Waals surface area (Å²) in [5, 5.41) is 11.1. The highest BCUT2D eigenvalue weighted by atomic mass is 32.2. The molecule has 1 rings (SSSR count). The summed E-state index contributed by atoms with van der Waals surface area (Å²) in [7, 11) is -3.53. The summed E-state index contributed by atoms with van der Waals surface area (Å²) in [6.07, 6.45) is -0.0203. The van der Waals surface area contributed by atoms with Gasteiger partial charge in [-0.3, -0.25) is 4.79 Å². The number of carboxylic acids is 1. The summed E-state index contributed by atoms with van der Waals surface area (Å²) in [6, 6.07) is 6.83. The fourth-order valence-corrected chi connectivity index (χ4v) is 2.84. The number of sulfone groups is 1. The van der Waals surface area contributed by atoms with Gasteiger partial charge in [0.2, 0.25) is 5.91 Å². The molecule has 0 aliphatic rings. The molecule has 0 bridgehead atoms. The topological polar surface area (TPSA) is 101 Å². The largest absolute Gasteiger partial charge is 0.480 e. The maximum atomic E-state index is 11.9. The zero-order valence-corrected chi connectivity index (χ0v) is 11.9. The maximum Gasteiger partial charge on any atom is 0.326 e. The molecule has 1 atom stereocenters. The van der Waals surface area contributed by atoms with E-state index < -0.39 is 27.8 Å². The summed E-state index contributed by atoms with van der Waals surface area (Å²) in [5.74, 6) is -2.07. The van der Waals surface area contributed by atoms with Crippen LogP contribution in [0.3, 0.4) is 0 Å². The van der Waals surface area contributed by atoms with E-state index in [1.165, 1.54) is 12.1 Å². The van der Waals surface area contributed by atoms with Crippen molar-refractivity contribution >= 4 is 21.7 Å². The van der Waals surface area contributed by atoms with Crippen LogP contribution in [0, 0.1) is 0 Å². The molecule has 7 heteroatoms. The second kappa shape index (κ2) is 7.04. The van der Waals surface area contributed by atoms with Crippen LogP contribution in [0.4, 0.5) is 0 Å². The third kappa shape index (κ3) is 4.65. The quantitative estimate of drug-likeness (QED) is 0.776. The molecule has 0 aliphatic heterocycles. The summed E-state index contributed by atoms with van der Waals surface area (Å²) in [5.41, 5.74) is 0. The molecule has 1 amide bonds. The molecule has 0 radical (unpaired) electrons. The van der Waals surface area contributed by atoms with Gasteiger partial charge in [0.25, 0.3) is 0 Å². The lowest BCUT2D eigenvalue weighted by atomic mass is 10.2. The van der Waals surface area contributed by atoms with E-state index in [4.69, 9.17) is 5.11 Å². The Morgan fingerprint density at radius 1 is 1.25 bits per heavy atom. The number of amides is 1. The Hall–Kier alpha value is -1.89. The summed E-state index contributed by atoms with van der Waals surface area (Å²) in [4.78, 5) is 22.5. The van der Waals surface area contributed by atoms with Crippen LogP contribution in [0.1, 0.15) is 19.8 Å². The third-order valence-electron chi connectivity index (χ3n) is 2.74. The van der Waals surface area contributed by atoms with Gasteiger partial charge in [0.15, 0.2) is 9.84 Å². The zero-order chi connectivity index (χ0) is 15.2. The number of carbonyl (C=O) groups is 2. The van der Waals surface area contributed by atoms with E-state index in [1.807, 2.05) is 0 Å². The molecule has 1 aromatic carbocycles. The Morgan fingerprint density at radius 2 is 1.85 bits per heavy atom. The molecular formula is C13H17NO5S. The van der Waals surface area contributed by atoms with Crippen LogP contribution in [-0.4, -0.2) is 37.2 Å². The molecule has 1 unspecified atom stereocenters. The van der Waals surface area contributed by atoms with Crippen molar-refractivity contribution in [3.63, 3.8) is 0 Å². The highest BCUT2D eigenvalue weighted by Crippen LogP contribution is 2.11. The molecule has 6 nitrogen and oxygen atoms in total. The highest BCUT2D eigenvalue weighted by molar-refractivity contribution is 7.91. The monoisotopic (exact) mass is 299 g/mol. The van der Waals surface area contributed by atoms with Crippen LogP contribution in [0.15, 0.2) is 35.2 Å². The van der Waals surface area contributed by atoms with Crippen molar-refractivity contribution in [1.29, 1.82) is 0 Å². The molecule has 0 heterocycles. The van der Waals surface area contributed by atoms with E-state index in [0.29, 0.717) is 0 Å². The number of benzene rings is 1. The first-order valence-corrected chi connectivity index (χ1v) is 7.82. The molecule has 0 aliphatic carbocycles. The number of carbonyl (C=O) groups excluding carboxylic acids is 1. The normalized spacial score (nSPS) is 12.7. The van der Waals surface area contributed by atoms with Crippen LogP contribution in [0.5, 0.6) is 0 Å². The van der Waals surface area contributed by atoms with Gasteiger partial charge in [-0.15, -0.1) is 0 Å².